The lowest BCUT2D eigenvalue weighted by Crippen LogP contribution is -2.13. The second kappa shape index (κ2) is 7.72. The molecule has 5 nitrogen and oxygen atoms in total. The van der Waals surface area contributed by atoms with Crippen LogP contribution in [0.5, 0.6) is 0 Å². The fourth-order valence-corrected chi connectivity index (χ4v) is 3.01. The second-order valence-electron chi connectivity index (χ2n) is 6.13. The van der Waals surface area contributed by atoms with Crippen LogP contribution in [0.3, 0.4) is 0 Å². The molecule has 0 spiro atoms. The molecule has 0 aliphatic rings. The Kier molecular flexibility index (Phi) is 5.37. The number of hydrogen-bond acceptors (Lipinski definition) is 3. The van der Waals surface area contributed by atoms with Gasteiger partial charge in [-0.25, -0.2) is 9.07 Å². The fourth-order valence-electron chi connectivity index (χ4n) is 2.69. The van der Waals surface area contributed by atoms with E-state index in [0.717, 1.165) is 5.56 Å². The topological polar surface area (TPSA) is 64.0 Å². The smallest absolute Gasteiger partial charge is 0.260 e. The van der Waals surface area contributed by atoms with Gasteiger partial charge in [0.25, 0.3) is 5.91 Å². The van der Waals surface area contributed by atoms with E-state index >= 15 is 0 Å². The number of carbonyl (C=O) groups is 2. The van der Waals surface area contributed by atoms with Crippen molar-refractivity contribution in [2.45, 2.75) is 20.4 Å². The van der Waals surface area contributed by atoms with E-state index in [0.29, 0.717) is 23.5 Å². The van der Waals surface area contributed by atoms with Crippen LogP contribution in [0.2, 0.25) is 5.15 Å². The highest BCUT2D eigenvalue weighted by Crippen LogP contribution is 2.23. The number of amides is 1. The number of ketones is 1. The SMILES string of the molecule is CC(=O)c1cccc(NC(=O)c2c(C)nn(Cc3ccc(F)cc3)c2Cl)c1. The van der Waals surface area contributed by atoms with Crippen LogP contribution in [0.25, 0.3) is 0 Å². The number of Topliss-reactive ketones (excluding diaryl/α,β-unsaturated/α-hetero) is 1. The zero-order chi connectivity index (χ0) is 19.6. The first-order valence-electron chi connectivity index (χ1n) is 8.25. The molecule has 0 aliphatic carbocycles. The van der Waals surface area contributed by atoms with Gasteiger partial charge in [-0.15, -0.1) is 0 Å². The Morgan fingerprint density at radius 1 is 1.19 bits per heavy atom. The summed E-state index contributed by atoms with van der Waals surface area (Å²) in [5.74, 6) is -0.828. The van der Waals surface area contributed by atoms with Gasteiger partial charge in [-0.1, -0.05) is 35.9 Å². The predicted molar refractivity (Wildman–Crippen MR) is 102 cm³/mol. The Morgan fingerprint density at radius 3 is 2.56 bits per heavy atom. The normalized spacial score (nSPS) is 10.7. The van der Waals surface area contributed by atoms with Gasteiger partial charge in [0.05, 0.1) is 17.8 Å². The summed E-state index contributed by atoms with van der Waals surface area (Å²) >= 11 is 6.37. The number of hydrogen-bond donors (Lipinski definition) is 1. The van der Waals surface area contributed by atoms with Crippen LogP contribution in [0.4, 0.5) is 10.1 Å². The van der Waals surface area contributed by atoms with Crippen molar-refractivity contribution in [1.82, 2.24) is 9.78 Å². The summed E-state index contributed by atoms with van der Waals surface area (Å²) in [7, 11) is 0. The molecular formula is C20H17ClFN3O2. The second-order valence-corrected chi connectivity index (χ2v) is 6.48. The molecule has 1 heterocycles. The van der Waals surface area contributed by atoms with E-state index in [9.17, 15) is 14.0 Å². The Balaban J connectivity index is 1.83. The third-order valence-corrected chi connectivity index (χ3v) is 4.45. The molecule has 0 saturated carbocycles. The molecule has 0 saturated heterocycles. The molecule has 2 aromatic carbocycles. The molecule has 7 heteroatoms. The van der Waals surface area contributed by atoms with Crippen LogP contribution in [-0.4, -0.2) is 21.5 Å². The number of halogens is 2. The lowest BCUT2D eigenvalue weighted by atomic mass is 10.1. The average Bonchev–Trinajstić information content (AvgIpc) is 2.90. The van der Waals surface area contributed by atoms with Crippen LogP contribution in [0.1, 0.15) is 38.9 Å². The summed E-state index contributed by atoms with van der Waals surface area (Å²) in [6.07, 6.45) is 0. The zero-order valence-electron chi connectivity index (χ0n) is 14.8. The molecule has 0 radical (unpaired) electrons. The van der Waals surface area contributed by atoms with Crippen molar-refractivity contribution in [2.75, 3.05) is 5.32 Å². The van der Waals surface area contributed by atoms with Crippen LogP contribution < -0.4 is 5.32 Å². The van der Waals surface area contributed by atoms with E-state index < -0.39 is 5.91 Å². The Bertz CT molecular complexity index is 1010. The number of rotatable bonds is 5. The minimum Gasteiger partial charge on any atom is -0.322 e. The molecule has 1 amide bonds. The van der Waals surface area contributed by atoms with Crippen LogP contribution >= 0.6 is 11.6 Å². The molecule has 138 valence electrons. The molecule has 1 aromatic heterocycles. The largest absolute Gasteiger partial charge is 0.322 e. The van der Waals surface area contributed by atoms with Crippen molar-refractivity contribution in [3.8, 4) is 0 Å². The highest BCUT2D eigenvalue weighted by molar-refractivity contribution is 6.33. The molecule has 0 bridgehead atoms. The molecule has 0 atom stereocenters. The van der Waals surface area contributed by atoms with Crippen molar-refractivity contribution in [1.29, 1.82) is 0 Å². The maximum Gasteiger partial charge on any atom is 0.260 e. The number of nitrogens with one attached hydrogen (secondary N) is 1. The van der Waals surface area contributed by atoms with E-state index in [1.165, 1.54) is 23.7 Å². The number of aryl methyl sites for hydroxylation is 1. The summed E-state index contributed by atoms with van der Waals surface area (Å²) in [6, 6.07) is 12.6. The molecule has 1 N–H and O–H groups in total. The number of nitrogens with zero attached hydrogens (tertiary/aromatic N) is 2. The molecular weight excluding hydrogens is 369 g/mol. The number of aromatic nitrogens is 2. The third-order valence-electron chi connectivity index (χ3n) is 4.07. The standard InChI is InChI=1S/C20H17ClFN3O2/c1-12-18(20(27)23-17-5-3-4-15(10-17)13(2)26)19(21)25(24-12)11-14-6-8-16(22)9-7-14/h3-10H,11H2,1-2H3,(H,23,27). The molecule has 3 rings (SSSR count). The van der Waals surface area contributed by atoms with E-state index in [-0.39, 0.29) is 22.3 Å². The molecule has 0 unspecified atom stereocenters. The van der Waals surface area contributed by atoms with Crippen molar-refractivity contribution in [3.63, 3.8) is 0 Å². The maximum absolute atomic E-state index is 13.0. The van der Waals surface area contributed by atoms with Gasteiger partial charge in [-0.2, -0.15) is 5.10 Å². The summed E-state index contributed by atoms with van der Waals surface area (Å²) in [5.41, 5.74) is 2.54. The minimum absolute atomic E-state index is 0.0903. The number of anilines is 1. The summed E-state index contributed by atoms with van der Waals surface area (Å²) in [4.78, 5) is 24.2. The third kappa shape index (κ3) is 4.23. The molecule has 3 aromatic rings. The predicted octanol–water partition coefficient (Wildman–Crippen LogP) is 4.49. The quantitative estimate of drug-likeness (QED) is 0.658. The lowest BCUT2D eigenvalue weighted by molar-refractivity contribution is 0.101. The highest BCUT2D eigenvalue weighted by Gasteiger charge is 2.20. The first kappa shape index (κ1) is 18.8. The van der Waals surface area contributed by atoms with E-state index in [1.54, 1.807) is 43.3 Å². The van der Waals surface area contributed by atoms with Gasteiger partial charge in [-0.3, -0.25) is 9.59 Å². The highest BCUT2D eigenvalue weighted by atomic mass is 35.5. The van der Waals surface area contributed by atoms with Gasteiger partial charge >= 0.3 is 0 Å². The first-order chi connectivity index (χ1) is 12.8. The number of benzene rings is 2. The lowest BCUT2D eigenvalue weighted by Gasteiger charge is -2.07. The minimum atomic E-state index is -0.413. The van der Waals surface area contributed by atoms with E-state index in [1.807, 2.05) is 0 Å². The van der Waals surface area contributed by atoms with Crippen molar-refractivity contribution in [3.05, 3.63) is 81.9 Å². The number of carbonyl (C=O) groups excluding carboxylic acids is 2. The molecule has 0 fully saturated rings. The monoisotopic (exact) mass is 385 g/mol. The van der Waals surface area contributed by atoms with Crippen LogP contribution in [0, 0.1) is 12.7 Å². The Hall–Kier alpha value is -2.99. The van der Waals surface area contributed by atoms with E-state index in [2.05, 4.69) is 10.4 Å². The Morgan fingerprint density at radius 2 is 1.89 bits per heavy atom. The van der Waals surface area contributed by atoms with Gasteiger partial charge in [-0.05, 0) is 43.7 Å². The first-order valence-corrected chi connectivity index (χ1v) is 8.62. The van der Waals surface area contributed by atoms with Crippen molar-refractivity contribution in [2.24, 2.45) is 0 Å². The summed E-state index contributed by atoms with van der Waals surface area (Å²) in [5, 5.41) is 7.25. The van der Waals surface area contributed by atoms with Gasteiger partial charge < -0.3 is 5.32 Å². The van der Waals surface area contributed by atoms with Crippen molar-refractivity contribution >= 4 is 29.0 Å². The van der Waals surface area contributed by atoms with Crippen LogP contribution in [-0.2, 0) is 6.54 Å². The van der Waals surface area contributed by atoms with Gasteiger partial charge in [0.15, 0.2) is 5.78 Å². The van der Waals surface area contributed by atoms with E-state index in [4.69, 9.17) is 11.6 Å². The average molecular weight is 386 g/mol. The molecule has 27 heavy (non-hydrogen) atoms. The van der Waals surface area contributed by atoms with Gasteiger partial charge in [0.1, 0.15) is 11.0 Å². The zero-order valence-corrected chi connectivity index (χ0v) is 15.5. The summed E-state index contributed by atoms with van der Waals surface area (Å²) in [6.45, 7) is 3.46. The molecule has 0 aliphatic heterocycles. The fraction of sp³-hybridized carbons (Fsp3) is 0.150. The van der Waals surface area contributed by atoms with Crippen molar-refractivity contribution < 1.29 is 14.0 Å². The maximum atomic E-state index is 13.0. The summed E-state index contributed by atoms with van der Waals surface area (Å²) < 4.78 is 14.5. The Labute approximate surface area is 160 Å². The van der Waals surface area contributed by atoms with Gasteiger partial charge in [0, 0.05) is 11.3 Å². The van der Waals surface area contributed by atoms with Crippen LogP contribution in [0.15, 0.2) is 48.5 Å². The van der Waals surface area contributed by atoms with Gasteiger partial charge in [0.2, 0.25) is 0 Å².